The molecule has 0 spiro atoms. The lowest BCUT2D eigenvalue weighted by Crippen LogP contribution is -2.60. The standard InChI is InChI=1S/C9H6F3NO3/c10-9(11,12)8(15)7(14)13-5-3-1-2-4-6(5)16-8/h1-4,15H,(H,13,14)/t8-/m1/s1. The van der Waals surface area contributed by atoms with Crippen LogP contribution in [0.5, 0.6) is 5.75 Å². The summed E-state index contributed by atoms with van der Waals surface area (Å²) in [6.45, 7) is 0. The molecule has 1 heterocycles. The summed E-state index contributed by atoms with van der Waals surface area (Å²) < 4.78 is 41.6. The monoisotopic (exact) mass is 233 g/mol. The molecule has 0 bridgehead atoms. The molecule has 2 N–H and O–H groups in total. The number of amides is 1. The van der Waals surface area contributed by atoms with Crippen LogP contribution in [0.3, 0.4) is 0 Å². The van der Waals surface area contributed by atoms with Gasteiger partial charge in [0.25, 0.3) is 0 Å². The minimum atomic E-state index is -5.20. The number of carbonyl (C=O) groups is 1. The van der Waals surface area contributed by atoms with Gasteiger partial charge in [0.1, 0.15) is 5.75 Å². The van der Waals surface area contributed by atoms with Gasteiger partial charge < -0.3 is 15.2 Å². The number of anilines is 1. The molecule has 1 amide bonds. The van der Waals surface area contributed by atoms with E-state index < -0.39 is 17.9 Å². The van der Waals surface area contributed by atoms with Crippen LogP contribution in [0.1, 0.15) is 0 Å². The molecule has 1 aromatic rings. The second kappa shape index (κ2) is 3.11. The third-order valence-corrected chi connectivity index (χ3v) is 2.08. The van der Waals surface area contributed by atoms with Crippen LogP contribution in [-0.4, -0.2) is 23.0 Å². The van der Waals surface area contributed by atoms with Gasteiger partial charge in [0.05, 0.1) is 5.69 Å². The van der Waals surface area contributed by atoms with Crippen LogP contribution in [0, 0.1) is 0 Å². The van der Waals surface area contributed by atoms with Crippen molar-refractivity contribution >= 4 is 11.6 Å². The number of nitrogens with one attached hydrogen (secondary N) is 1. The normalized spacial score (nSPS) is 24.4. The Balaban J connectivity index is 2.46. The number of benzene rings is 1. The van der Waals surface area contributed by atoms with Crippen molar-refractivity contribution in [2.24, 2.45) is 0 Å². The summed E-state index contributed by atoms with van der Waals surface area (Å²) in [4.78, 5) is 11.1. The van der Waals surface area contributed by atoms with Crippen LogP contribution in [0.15, 0.2) is 24.3 Å². The Morgan fingerprint density at radius 2 is 1.94 bits per heavy atom. The van der Waals surface area contributed by atoms with E-state index in [1.54, 1.807) is 0 Å². The molecule has 1 aromatic carbocycles. The molecule has 1 aliphatic heterocycles. The van der Waals surface area contributed by atoms with Gasteiger partial charge in [-0.2, -0.15) is 13.2 Å². The van der Waals surface area contributed by atoms with Crippen molar-refractivity contribution in [3.63, 3.8) is 0 Å². The van der Waals surface area contributed by atoms with Crippen LogP contribution in [0.2, 0.25) is 0 Å². The number of fused-ring (bicyclic) bond motifs is 1. The quantitative estimate of drug-likeness (QED) is 0.709. The summed E-state index contributed by atoms with van der Waals surface area (Å²) in [7, 11) is 0. The van der Waals surface area contributed by atoms with E-state index in [1.165, 1.54) is 24.3 Å². The van der Waals surface area contributed by atoms with Crippen LogP contribution in [-0.2, 0) is 4.79 Å². The number of rotatable bonds is 0. The zero-order valence-corrected chi connectivity index (χ0v) is 7.71. The second-order valence-corrected chi connectivity index (χ2v) is 3.19. The zero-order chi connectivity index (χ0) is 12.0. The Morgan fingerprint density at radius 1 is 1.31 bits per heavy atom. The van der Waals surface area contributed by atoms with Gasteiger partial charge in [-0.3, -0.25) is 4.79 Å². The fourth-order valence-corrected chi connectivity index (χ4v) is 1.26. The highest BCUT2D eigenvalue weighted by molar-refractivity contribution is 6.00. The van der Waals surface area contributed by atoms with Crippen LogP contribution < -0.4 is 10.1 Å². The number of para-hydroxylation sites is 2. The van der Waals surface area contributed by atoms with E-state index in [0.29, 0.717) is 0 Å². The molecule has 0 radical (unpaired) electrons. The fourth-order valence-electron chi connectivity index (χ4n) is 1.26. The van der Waals surface area contributed by atoms with E-state index in [1.807, 2.05) is 5.32 Å². The molecule has 0 saturated carbocycles. The summed E-state index contributed by atoms with van der Waals surface area (Å²) in [6.07, 6.45) is -5.20. The average Bonchev–Trinajstić information content (AvgIpc) is 2.18. The first-order chi connectivity index (χ1) is 7.34. The highest BCUT2D eigenvalue weighted by Gasteiger charge is 2.64. The first-order valence-corrected chi connectivity index (χ1v) is 4.23. The van der Waals surface area contributed by atoms with Gasteiger partial charge >= 0.3 is 17.9 Å². The van der Waals surface area contributed by atoms with Crippen molar-refractivity contribution in [1.82, 2.24) is 0 Å². The molecular weight excluding hydrogens is 227 g/mol. The highest BCUT2D eigenvalue weighted by atomic mass is 19.4. The molecule has 0 saturated heterocycles. The molecule has 0 aromatic heterocycles. The Kier molecular flexibility index (Phi) is 2.09. The lowest BCUT2D eigenvalue weighted by Gasteiger charge is -2.33. The third kappa shape index (κ3) is 1.40. The Bertz CT molecular complexity index is 446. The number of ether oxygens (including phenoxy) is 1. The summed E-state index contributed by atoms with van der Waals surface area (Å²) >= 11 is 0. The first kappa shape index (κ1) is 10.7. The Labute approximate surface area is 87.6 Å². The van der Waals surface area contributed by atoms with Crippen LogP contribution in [0.4, 0.5) is 18.9 Å². The van der Waals surface area contributed by atoms with Crippen LogP contribution in [0.25, 0.3) is 0 Å². The molecule has 1 atom stereocenters. The number of alkyl halides is 3. The van der Waals surface area contributed by atoms with E-state index in [2.05, 4.69) is 4.74 Å². The molecule has 7 heteroatoms. The molecule has 0 fully saturated rings. The predicted octanol–water partition coefficient (Wildman–Crippen LogP) is 1.27. The minimum Gasteiger partial charge on any atom is -0.444 e. The van der Waals surface area contributed by atoms with Crippen molar-refractivity contribution in [1.29, 1.82) is 0 Å². The molecular formula is C9H6F3NO3. The molecule has 16 heavy (non-hydrogen) atoms. The van der Waals surface area contributed by atoms with E-state index in [4.69, 9.17) is 5.11 Å². The van der Waals surface area contributed by atoms with Crippen molar-refractivity contribution < 1.29 is 27.8 Å². The first-order valence-electron chi connectivity index (χ1n) is 4.23. The topological polar surface area (TPSA) is 58.6 Å². The lowest BCUT2D eigenvalue weighted by molar-refractivity contribution is -0.316. The largest absolute Gasteiger partial charge is 0.465 e. The maximum absolute atomic E-state index is 12.4. The fraction of sp³-hybridized carbons (Fsp3) is 0.222. The molecule has 0 unspecified atom stereocenters. The maximum atomic E-state index is 12.4. The summed E-state index contributed by atoms with van der Waals surface area (Å²) in [6, 6.07) is 5.52. The lowest BCUT2D eigenvalue weighted by atomic mass is 10.1. The SMILES string of the molecule is O=C1Nc2ccccc2O[C@@]1(O)C(F)(F)F. The van der Waals surface area contributed by atoms with E-state index >= 15 is 0 Å². The van der Waals surface area contributed by atoms with Gasteiger partial charge in [-0.1, -0.05) is 12.1 Å². The number of hydrogen-bond donors (Lipinski definition) is 2. The molecule has 4 nitrogen and oxygen atoms in total. The molecule has 1 aliphatic rings. The third-order valence-electron chi connectivity index (χ3n) is 2.08. The molecule has 2 rings (SSSR count). The van der Waals surface area contributed by atoms with E-state index in [9.17, 15) is 18.0 Å². The minimum absolute atomic E-state index is 0.0847. The second-order valence-electron chi connectivity index (χ2n) is 3.19. The van der Waals surface area contributed by atoms with Crippen molar-refractivity contribution in [3.05, 3.63) is 24.3 Å². The average molecular weight is 233 g/mol. The maximum Gasteiger partial charge on any atom is 0.465 e. The number of halogens is 3. The van der Waals surface area contributed by atoms with Gasteiger partial charge in [0.15, 0.2) is 0 Å². The smallest absolute Gasteiger partial charge is 0.444 e. The summed E-state index contributed by atoms with van der Waals surface area (Å²) in [5.41, 5.74) is 0.0847. The predicted molar refractivity (Wildman–Crippen MR) is 46.7 cm³/mol. The summed E-state index contributed by atoms with van der Waals surface area (Å²) in [5, 5.41) is 11.1. The van der Waals surface area contributed by atoms with Gasteiger partial charge in [0, 0.05) is 0 Å². The number of carbonyl (C=O) groups excluding carboxylic acids is 1. The van der Waals surface area contributed by atoms with Gasteiger partial charge in [-0.25, -0.2) is 0 Å². The Morgan fingerprint density at radius 3 is 2.56 bits per heavy atom. The van der Waals surface area contributed by atoms with Gasteiger partial charge in [-0.15, -0.1) is 0 Å². The summed E-state index contributed by atoms with van der Waals surface area (Å²) in [5.74, 6) is -5.72. The Hall–Kier alpha value is -1.76. The number of aliphatic hydroxyl groups is 1. The van der Waals surface area contributed by atoms with Crippen molar-refractivity contribution in [2.75, 3.05) is 5.32 Å². The zero-order valence-electron chi connectivity index (χ0n) is 7.71. The molecule has 0 aliphatic carbocycles. The van der Waals surface area contributed by atoms with E-state index in [0.717, 1.165) is 0 Å². The van der Waals surface area contributed by atoms with Crippen LogP contribution >= 0.6 is 0 Å². The molecule has 86 valence electrons. The van der Waals surface area contributed by atoms with Crippen molar-refractivity contribution in [3.8, 4) is 5.75 Å². The van der Waals surface area contributed by atoms with E-state index in [-0.39, 0.29) is 11.4 Å². The van der Waals surface area contributed by atoms with Crippen molar-refractivity contribution in [2.45, 2.75) is 12.0 Å². The van der Waals surface area contributed by atoms with Gasteiger partial charge in [-0.05, 0) is 12.1 Å². The van der Waals surface area contributed by atoms with Gasteiger partial charge in [0.2, 0.25) is 0 Å². The highest BCUT2D eigenvalue weighted by Crippen LogP contribution is 2.40. The number of hydrogen-bond acceptors (Lipinski definition) is 3.